The Morgan fingerprint density at radius 1 is 1.43 bits per heavy atom. The lowest BCUT2D eigenvalue weighted by Crippen LogP contribution is -2.44. The molecule has 8 heteroatoms. The van der Waals surface area contributed by atoms with E-state index in [0.717, 1.165) is 12.8 Å². The summed E-state index contributed by atoms with van der Waals surface area (Å²) in [6, 6.07) is 0. The first-order chi connectivity index (χ1) is 9.92. The Morgan fingerprint density at radius 2 is 2.19 bits per heavy atom. The monoisotopic (exact) mass is 317 g/mol. The Hall–Kier alpha value is -0.990. The average molecular weight is 317 g/mol. The van der Waals surface area contributed by atoms with Gasteiger partial charge in [-0.1, -0.05) is 20.3 Å². The number of aryl methyl sites for hydroxylation is 1. The molecule has 0 bridgehead atoms. The zero-order valence-electron chi connectivity index (χ0n) is 12.8. The number of aromatic nitrogens is 2. The fraction of sp³-hybridized carbons (Fsp3) is 0.846. The molecule has 0 aromatic carbocycles. The summed E-state index contributed by atoms with van der Waals surface area (Å²) < 4.78 is 37.3. The van der Waals surface area contributed by atoms with E-state index in [1.54, 1.807) is 6.92 Å². The van der Waals surface area contributed by atoms with Crippen molar-refractivity contribution in [2.24, 2.45) is 5.92 Å². The molecule has 1 saturated heterocycles. The molecule has 7 nitrogen and oxygen atoms in total. The molecule has 2 atom stereocenters. The lowest BCUT2D eigenvalue weighted by Gasteiger charge is -2.31. The van der Waals surface area contributed by atoms with Crippen LogP contribution >= 0.6 is 0 Å². The Morgan fingerprint density at radius 3 is 2.81 bits per heavy atom. The number of morpholine rings is 1. The molecular formula is C13H23N3O4S. The molecule has 0 amide bonds. The van der Waals surface area contributed by atoms with Gasteiger partial charge >= 0.3 is 0 Å². The highest BCUT2D eigenvalue weighted by Gasteiger charge is 2.33. The summed E-state index contributed by atoms with van der Waals surface area (Å²) >= 11 is 0. The lowest BCUT2D eigenvalue weighted by atomic mass is 10.1. The first-order valence-electron chi connectivity index (χ1n) is 7.31. The SMILES string of the molecule is CCC[C@@H](C)CS(=O)(=O)N1CCO[C@@H](c2nnc(C)o2)C1. The van der Waals surface area contributed by atoms with Crippen LogP contribution in [0.4, 0.5) is 0 Å². The van der Waals surface area contributed by atoms with Gasteiger partial charge in [0.05, 0.1) is 12.4 Å². The van der Waals surface area contributed by atoms with E-state index in [0.29, 0.717) is 24.9 Å². The molecule has 1 aliphatic heterocycles. The predicted molar refractivity (Wildman–Crippen MR) is 77.2 cm³/mol. The van der Waals surface area contributed by atoms with Crippen molar-refractivity contribution in [3.05, 3.63) is 11.8 Å². The normalized spacial score (nSPS) is 22.3. The van der Waals surface area contributed by atoms with Crippen LogP contribution in [0.25, 0.3) is 0 Å². The van der Waals surface area contributed by atoms with Gasteiger partial charge in [0, 0.05) is 20.0 Å². The van der Waals surface area contributed by atoms with Crippen molar-refractivity contribution < 1.29 is 17.6 Å². The van der Waals surface area contributed by atoms with Crippen LogP contribution < -0.4 is 0 Å². The number of hydrogen-bond acceptors (Lipinski definition) is 6. The third kappa shape index (κ3) is 4.24. The summed E-state index contributed by atoms with van der Waals surface area (Å²) in [6.07, 6.45) is 1.43. The fourth-order valence-electron chi connectivity index (χ4n) is 2.51. The van der Waals surface area contributed by atoms with Crippen LogP contribution in [0.1, 0.15) is 44.6 Å². The van der Waals surface area contributed by atoms with Gasteiger partial charge in [-0.2, -0.15) is 4.31 Å². The number of ether oxygens (including phenoxy) is 1. The van der Waals surface area contributed by atoms with Crippen molar-refractivity contribution in [3.8, 4) is 0 Å². The minimum atomic E-state index is -3.28. The summed E-state index contributed by atoms with van der Waals surface area (Å²) in [5.74, 6) is 1.13. The van der Waals surface area contributed by atoms with Crippen LogP contribution in [-0.4, -0.2) is 48.4 Å². The summed E-state index contributed by atoms with van der Waals surface area (Å²) in [5, 5.41) is 7.67. The van der Waals surface area contributed by atoms with Crippen molar-refractivity contribution in [3.63, 3.8) is 0 Å². The van der Waals surface area contributed by atoms with E-state index in [4.69, 9.17) is 9.15 Å². The second-order valence-corrected chi connectivity index (χ2v) is 7.56. The van der Waals surface area contributed by atoms with Crippen LogP contribution in [0.3, 0.4) is 0 Å². The highest BCUT2D eigenvalue weighted by molar-refractivity contribution is 7.89. The first kappa shape index (κ1) is 16.4. The Bertz CT molecular complexity index is 558. The second kappa shape index (κ2) is 6.85. The molecule has 1 aromatic heterocycles. The molecule has 120 valence electrons. The fourth-order valence-corrected chi connectivity index (χ4v) is 4.32. The molecule has 0 spiro atoms. The smallest absolute Gasteiger partial charge is 0.246 e. The van der Waals surface area contributed by atoms with Gasteiger partial charge in [0.25, 0.3) is 0 Å². The molecule has 21 heavy (non-hydrogen) atoms. The van der Waals surface area contributed by atoms with E-state index >= 15 is 0 Å². The number of nitrogens with zero attached hydrogens (tertiary/aromatic N) is 3. The minimum absolute atomic E-state index is 0.159. The molecule has 1 fully saturated rings. The zero-order valence-corrected chi connectivity index (χ0v) is 13.6. The molecular weight excluding hydrogens is 294 g/mol. The van der Waals surface area contributed by atoms with E-state index in [2.05, 4.69) is 17.1 Å². The standard InChI is InChI=1S/C13H23N3O4S/c1-4-5-10(2)9-21(17,18)16-6-7-19-12(8-16)13-15-14-11(3)20-13/h10,12H,4-9H2,1-3H3/t10-,12-/m1/s1. The number of sulfonamides is 1. The molecule has 0 unspecified atom stereocenters. The Labute approximate surface area is 125 Å². The van der Waals surface area contributed by atoms with Crippen LogP contribution in [-0.2, 0) is 14.8 Å². The maximum absolute atomic E-state index is 12.5. The van der Waals surface area contributed by atoms with Gasteiger partial charge in [-0.3, -0.25) is 0 Å². The third-order valence-electron chi connectivity index (χ3n) is 3.52. The largest absolute Gasteiger partial charge is 0.423 e. The van der Waals surface area contributed by atoms with Crippen LogP contribution in [0, 0.1) is 12.8 Å². The summed E-state index contributed by atoms with van der Waals surface area (Å²) in [6.45, 7) is 6.69. The molecule has 2 rings (SSSR count). The maximum Gasteiger partial charge on any atom is 0.246 e. The van der Waals surface area contributed by atoms with Gasteiger partial charge in [-0.25, -0.2) is 8.42 Å². The van der Waals surface area contributed by atoms with Crippen LogP contribution in [0.5, 0.6) is 0 Å². The Kier molecular flexibility index (Phi) is 5.34. The van der Waals surface area contributed by atoms with E-state index in [1.165, 1.54) is 4.31 Å². The molecule has 0 radical (unpaired) electrons. The molecule has 0 N–H and O–H groups in total. The van der Waals surface area contributed by atoms with Gasteiger partial charge in [0.2, 0.25) is 21.8 Å². The summed E-state index contributed by atoms with van der Waals surface area (Å²) in [7, 11) is -3.28. The highest BCUT2D eigenvalue weighted by Crippen LogP contribution is 2.24. The molecule has 1 aromatic rings. The summed E-state index contributed by atoms with van der Waals surface area (Å²) in [5.41, 5.74) is 0. The second-order valence-electron chi connectivity index (χ2n) is 5.55. The van der Waals surface area contributed by atoms with Gasteiger partial charge in [0.1, 0.15) is 6.10 Å². The number of rotatable bonds is 6. The predicted octanol–water partition coefficient (Wildman–Crippen LogP) is 1.52. The van der Waals surface area contributed by atoms with Crippen molar-refractivity contribution in [2.45, 2.75) is 39.7 Å². The molecule has 2 heterocycles. The van der Waals surface area contributed by atoms with Gasteiger partial charge in [-0.05, 0) is 12.3 Å². The van der Waals surface area contributed by atoms with Gasteiger partial charge < -0.3 is 9.15 Å². The first-order valence-corrected chi connectivity index (χ1v) is 8.92. The molecule has 0 aliphatic carbocycles. The van der Waals surface area contributed by atoms with Gasteiger partial charge in [0.15, 0.2) is 0 Å². The molecule has 1 aliphatic rings. The van der Waals surface area contributed by atoms with E-state index < -0.39 is 16.1 Å². The van der Waals surface area contributed by atoms with Crippen molar-refractivity contribution >= 4 is 10.0 Å². The van der Waals surface area contributed by atoms with E-state index in [1.807, 2.05) is 6.92 Å². The zero-order chi connectivity index (χ0) is 15.5. The molecule has 0 saturated carbocycles. The van der Waals surface area contributed by atoms with E-state index in [9.17, 15) is 8.42 Å². The summed E-state index contributed by atoms with van der Waals surface area (Å²) in [4.78, 5) is 0. The van der Waals surface area contributed by atoms with Crippen molar-refractivity contribution in [2.75, 3.05) is 25.4 Å². The van der Waals surface area contributed by atoms with Crippen molar-refractivity contribution in [1.29, 1.82) is 0 Å². The Balaban J connectivity index is 2.03. The highest BCUT2D eigenvalue weighted by atomic mass is 32.2. The van der Waals surface area contributed by atoms with Crippen LogP contribution in [0.2, 0.25) is 0 Å². The third-order valence-corrected chi connectivity index (χ3v) is 5.62. The van der Waals surface area contributed by atoms with E-state index in [-0.39, 0.29) is 18.2 Å². The lowest BCUT2D eigenvalue weighted by molar-refractivity contribution is -0.0177. The van der Waals surface area contributed by atoms with Gasteiger partial charge in [-0.15, -0.1) is 10.2 Å². The van der Waals surface area contributed by atoms with Crippen LogP contribution in [0.15, 0.2) is 4.42 Å². The average Bonchev–Trinajstić information content (AvgIpc) is 2.85. The quantitative estimate of drug-likeness (QED) is 0.790. The minimum Gasteiger partial charge on any atom is -0.423 e. The number of hydrogen-bond donors (Lipinski definition) is 0. The van der Waals surface area contributed by atoms with Crippen molar-refractivity contribution in [1.82, 2.24) is 14.5 Å². The topological polar surface area (TPSA) is 85.5 Å². The maximum atomic E-state index is 12.5.